The number of benzene rings is 1. The molecule has 8 heteroatoms. The van der Waals surface area contributed by atoms with Crippen LogP contribution >= 0.6 is 46.1 Å². The largest absolute Gasteiger partial charge is 0.484 e. The standard InChI is InChI=1S/C20H16Cl3NO3S/c1-2-26-17(25)7-10-9-28-20-18(10)12(21)8-15(19(20)23)27-14-5-4-13-11(14)3-6-16(22)24-13/h3,6,8-9,14H,2,4-5,7H2,1H3. The van der Waals surface area contributed by atoms with E-state index in [1.807, 2.05) is 11.4 Å². The minimum atomic E-state index is -0.288. The van der Waals surface area contributed by atoms with Gasteiger partial charge in [-0.15, -0.1) is 11.3 Å². The van der Waals surface area contributed by atoms with Crippen LogP contribution in [-0.2, 0) is 22.4 Å². The van der Waals surface area contributed by atoms with Crippen LogP contribution in [0.15, 0.2) is 23.6 Å². The summed E-state index contributed by atoms with van der Waals surface area (Å²) in [7, 11) is 0. The molecule has 28 heavy (non-hydrogen) atoms. The van der Waals surface area contributed by atoms with E-state index < -0.39 is 0 Å². The lowest BCUT2D eigenvalue weighted by Crippen LogP contribution is -2.07. The van der Waals surface area contributed by atoms with Crippen molar-refractivity contribution in [1.29, 1.82) is 0 Å². The summed E-state index contributed by atoms with van der Waals surface area (Å²) in [6.45, 7) is 2.12. The molecule has 3 aromatic rings. The number of ether oxygens (including phenoxy) is 2. The van der Waals surface area contributed by atoms with E-state index in [9.17, 15) is 4.79 Å². The molecule has 4 rings (SSSR count). The number of pyridine rings is 1. The van der Waals surface area contributed by atoms with Crippen molar-refractivity contribution in [2.45, 2.75) is 32.3 Å². The Bertz CT molecular complexity index is 1070. The predicted octanol–water partition coefficient (Wildman–Crippen LogP) is 6.43. The Morgan fingerprint density at radius 3 is 2.93 bits per heavy atom. The van der Waals surface area contributed by atoms with Gasteiger partial charge in [-0.1, -0.05) is 40.9 Å². The zero-order chi connectivity index (χ0) is 19.8. The normalized spacial score (nSPS) is 15.6. The fraction of sp³-hybridized carbons (Fsp3) is 0.300. The average molecular weight is 457 g/mol. The molecule has 2 heterocycles. The van der Waals surface area contributed by atoms with Crippen molar-refractivity contribution in [3.63, 3.8) is 0 Å². The monoisotopic (exact) mass is 455 g/mol. The molecule has 0 fully saturated rings. The number of halogens is 3. The van der Waals surface area contributed by atoms with Crippen LogP contribution in [0.2, 0.25) is 15.2 Å². The lowest BCUT2D eigenvalue weighted by molar-refractivity contribution is -0.142. The zero-order valence-corrected chi connectivity index (χ0v) is 18.0. The molecule has 1 aliphatic rings. The van der Waals surface area contributed by atoms with Gasteiger partial charge in [-0.05, 0) is 36.8 Å². The third kappa shape index (κ3) is 3.69. The van der Waals surface area contributed by atoms with E-state index in [2.05, 4.69) is 4.98 Å². The summed E-state index contributed by atoms with van der Waals surface area (Å²) in [4.78, 5) is 16.2. The van der Waals surface area contributed by atoms with Gasteiger partial charge in [0.15, 0.2) is 0 Å². The molecule has 1 unspecified atom stereocenters. The highest BCUT2D eigenvalue weighted by Gasteiger charge is 2.27. The van der Waals surface area contributed by atoms with Crippen LogP contribution < -0.4 is 4.74 Å². The maximum absolute atomic E-state index is 11.9. The first-order chi connectivity index (χ1) is 13.5. The number of aryl methyl sites for hydroxylation is 1. The van der Waals surface area contributed by atoms with Gasteiger partial charge in [0.2, 0.25) is 0 Å². The number of carbonyl (C=O) groups excluding carboxylic acids is 1. The van der Waals surface area contributed by atoms with Crippen molar-refractivity contribution >= 4 is 62.2 Å². The number of esters is 1. The Balaban J connectivity index is 1.65. The van der Waals surface area contributed by atoms with Gasteiger partial charge in [-0.25, -0.2) is 4.98 Å². The molecule has 1 aliphatic carbocycles. The second-order valence-electron chi connectivity index (χ2n) is 6.43. The predicted molar refractivity (Wildman–Crippen MR) is 113 cm³/mol. The maximum Gasteiger partial charge on any atom is 0.310 e. The summed E-state index contributed by atoms with van der Waals surface area (Å²) >= 11 is 20.6. The number of fused-ring (bicyclic) bond motifs is 2. The number of hydrogen-bond acceptors (Lipinski definition) is 5. The molecule has 0 saturated heterocycles. The van der Waals surface area contributed by atoms with Crippen molar-refractivity contribution in [1.82, 2.24) is 4.98 Å². The molecule has 0 amide bonds. The number of hydrogen-bond donors (Lipinski definition) is 0. The second-order valence-corrected chi connectivity index (χ2v) is 8.48. The van der Waals surface area contributed by atoms with Crippen molar-refractivity contribution < 1.29 is 14.3 Å². The minimum absolute atomic E-state index is 0.148. The summed E-state index contributed by atoms with van der Waals surface area (Å²) in [6, 6.07) is 5.43. The van der Waals surface area contributed by atoms with Gasteiger partial charge in [-0.2, -0.15) is 0 Å². The van der Waals surface area contributed by atoms with E-state index in [-0.39, 0.29) is 18.5 Å². The quantitative estimate of drug-likeness (QED) is 0.328. The first kappa shape index (κ1) is 19.8. The van der Waals surface area contributed by atoms with Gasteiger partial charge in [0.25, 0.3) is 0 Å². The highest BCUT2D eigenvalue weighted by molar-refractivity contribution is 7.18. The van der Waals surface area contributed by atoms with Gasteiger partial charge in [-0.3, -0.25) is 4.79 Å². The van der Waals surface area contributed by atoms with E-state index in [4.69, 9.17) is 44.3 Å². The number of rotatable bonds is 5. The lowest BCUT2D eigenvalue weighted by Gasteiger charge is -2.17. The van der Waals surface area contributed by atoms with Crippen LogP contribution in [0.25, 0.3) is 10.1 Å². The molecular weight excluding hydrogens is 441 g/mol. The van der Waals surface area contributed by atoms with E-state index in [1.165, 1.54) is 11.3 Å². The molecule has 0 saturated carbocycles. The van der Waals surface area contributed by atoms with Gasteiger partial charge in [0.1, 0.15) is 22.0 Å². The Hall–Kier alpha value is -1.53. The van der Waals surface area contributed by atoms with Gasteiger partial charge < -0.3 is 9.47 Å². The van der Waals surface area contributed by atoms with Crippen LogP contribution in [0.5, 0.6) is 5.75 Å². The van der Waals surface area contributed by atoms with Gasteiger partial charge >= 0.3 is 5.97 Å². The molecule has 4 nitrogen and oxygen atoms in total. The Labute approximate surface area is 181 Å². The molecular formula is C20H16Cl3NO3S. The highest BCUT2D eigenvalue weighted by Crippen LogP contribution is 2.45. The summed E-state index contributed by atoms with van der Waals surface area (Å²) in [5.41, 5.74) is 2.78. The van der Waals surface area contributed by atoms with Gasteiger partial charge in [0, 0.05) is 22.7 Å². The van der Waals surface area contributed by atoms with E-state index in [0.29, 0.717) is 27.6 Å². The minimum Gasteiger partial charge on any atom is -0.484 e. The Kier molecular flexibility index (Phi) is 5.70. The Morgan fingerprint density at radius 2 is 2.14 bits per heavy atom. The highest BCUT2D eigenvalue weighted by atomic mass is 35.5. The number of carbonyl (C=O) groups is 1. The van der Waals surface area contributed by atoms with Gasteiger partial charge in [0.05, 0.1) is 22.8 Å². The summed E-state index contributed by atoms with van der Waals surface area (Å²) in [5, 5.41) is 4.14. The molecule has 0 radical (unpaired) electrons. The molecule has 0 bridgehead atoms. The molecule has 0 N–H and O–H groups in total. The SMILES string of the molecule is CCOC(=O)Cc1csc2c(Cl)c(OC3CCc4nc(Cl)ccc43)cc(Cl)c12. The van der Waals surface area contributed by atoms with E-state index >= 15 is 0 Å². The zero-order valence-electron chi connectivity index (χ0n) is 14.9. The van der Waals surface area contributed by atoms with Crippen LogP contribution in [0, 0.1) is 0 Å². The molecule has 1 aromatic carbocycles. The summed E-state index contributed by atoms with van der Waals surface area (Å²) < 4.78 is 12.0. The third-order valence-electron chi connectivity index (χ3n) is 4.65. The second kappa shape index (κ2) is 8.07. The van der Waals surface area contributed by atoms with E-state index in [1.54, 1.807) is 19.1 Å². The molecule has 146 valence electrons. The van der Waals surface area contributed by atoms with Crippen molar-refractivity contribution in [3.05, 3.63) is 55.6 Å². The fourth-order valence-corrected chi connectivity index (χ4v) is 5.33. The lowest BCUT2D eigenvalue weighted by atomic mass is 10.1. The van der Waals surface area contributed by atoms with Crippen LogP contribution in [0.1, 0.15) is 36.3 Å². The number of thiophene rings is 1. The van der Waals surface area contributed by atoms with Crippen LogP contribution in [-0.4, -0.2) is 17.6 Å². The first-order valence-corrected chi connectivity index (χ1v) is 10.8. The molecule has 2 aromatic heterocycles. The summed E-state index contributed by atoms with van der Waals surface area (Å²) in [5.74, 6) is 0.236. The topological polar surface area (TPSA) is 48.4 Å². The number of nitrogens with zero attached hydrogens (tertiary/aromatic N) is 1. The van der Waals surface area contributed by atoms with E-state index in [0.717, 1.165) is 39.7 Å². The van der Waals surface area contributed by atoms with Crippen molar-refractivity contribution in [2.75, 3.05) is 6.61 Å². The van der Waals surface area contributed by atoms with Crippen LogP contribution in [0.3, 0.4) is 0 Å². The maximum atomic E-state index is 11.9. The smallest absolute Gasteiger partial charge is 0.310 e. The summed E-state index contributed by atoms with van der Waals surface area (Å²) in [6.07, 6.45) is 1.61. The van der Waals surface area contributed by atoms with Crippen molar-refractivity contribution in [2.24, 2.45) is 0 Å². The first-order valence-electron chi connectivity index (χ1n) is 8.83. The molecule has 1 atom stereocenters. The van der Waals surface area contributed by atoms with Crippen molar-refractivity contribution in [3.8, 4) is 5.75 Å². The average Bonchev–Trinajstić information content (AvgIpc) is 3.24. The Morgan fingerprint density at radius 1 is 1.32 bits per heavy atom. The third-order valence-corrected chi connectivity index (χ3v) is 6.70. The molecule has 0 aliphatic heterocycles. The van der Waals surface area contributed by atoms with Crippen LogP contribution in [0.4, 0.5) is 0 Å². The number of aromatic nitrogens is 1. The fourth-order valence-electron chi connectivity index (χ4n) is 3.44. The molecule has 0 spiro atoms.